The highest BCUT2D eigenvalue weighted by molar-refractivity contribution is 5.45. The van der Waals surface area contributed by atoms with Crippen LogP contribution in [0.4, 0.5) is 0 Å². The summed E-state index contributed by atoms with van der Waals surface area (Å²) in [7, 11) is 3.33. The molecule has 0 bridgehead atoms. The fourth-order valence-corrected chi connectivity index (χ4v) is 2.76. The maximum atomic E-state index is 5.80. The van der Waals surface area contributed by atoms with Crippen LogP contribution in [0.15, 0.2) is 29.8 Å². The summed E-state index contributed by atoms with van der Waals surface area (Å²) in [5.74, 6) is 7.39. The van der Waals surface area contributed by atoms with Crippen LogP contribution in [0.5, 0.6) is 11.5 Å². The monoisotopic (exact) mass is 276 g/mol. The molecule has 0 aromatic heterocycles. The van der Waals surface area contributed by atoms with Crippen LogP contribution in [-0.4, -0.2) is 14.2 Å². The van der Waals surface area contributed by atoms with Gasteiger partial charge in [-0.2, -0.15) is 0 Å². The van der Waals surface area contributed by atoms with Crippen molar-refractivity contribution in [2.75, 3.05) is 14.2 Å². The lowest BCUT2D eigenvalue weighted by atomic mass is 9.95. The van der Waals surface area contributed by atoms with E-state index in [9.17, 15) is 0 Å². The lowest BCUT2D eigenvalue weighted by molar-refractivity contribution is 0.387. The average molecular weight is 276 g/mol. The van der Waals surface area contributed by atoms with Crippen LogP contribution in [0.3, 0.4) is 0 Å². The molecule has 0 saturated heterocycles. The third-order valence-electron chi connectivity index (χ3n) is 3.87. The predicted molar refractivity (Wildman–Crippen MR) is 80.8 cm³/mol. The van der Waals surface area contributed by atoms with Gasteiger partial charge < -0.3 is 9.47 Å². The first-order valence-corrected chi connectivity index (χ1v) is 7.17. The second-order valence-electron chi connectivity index (χ2n) is 5.09. The van der Waals surface area contributed by atoms with Gasteiger partial charge >= 0.3 is 0 Å². The lowest BCUT2D eigenvalue weighted by Crippen LogP contribution is -2.29. The number of hydrazine groups is 1. The van der Waals surface area contributed by atoms with Gasteiger partial charge in [-0.1, -0.05) is 18.1 Å². The van der Waals surface area contributed by atoms with E-state index in [1.54, 1.807) is 14.2 Å². The molecule has 1 aliphatic rings. The number of ether oxygens (including phenoxy) is 2. The molecule has 20 heavy (non-hydrogen) atoms. The zero-order valence-corrected chi connectivity index (χ0v) is 12.3. The summed E-state index contributed by atoms with van der Waals surface area (Å²) in [5, 5.41) is 0. The molecule has 0 amide bonds. The Bertz CT molecular complexity index is 472. The molecular formula is C16H24N2O2. The minimum Gasteiger partial charge on any atom is -0.497 e. The summed E-state index contributed by atoms with van der Waals surface area (Å²) in [5.41, 5.74) is 5.35. The first-order valence-electron chi connectivity index (χ1n) is 7.17. The summed E-state index contributed by atoms with van der Waals surface area (Å²) in [4.78, 5) is 0. The number of nitrogens with one attached hydrogen (secondary N) is 1. The van der Waals surface area contributed by atoms with E-state index in [4.69, 9.17) is 15.3 Å². The molecular weight excluding hydrogens is 252 g/mol. The van der Waals surface area contributed by atoms with E-state index < -0.39 is 0 Å². The maximum Gasteiger partial charge on any atom is 0.127 e. The number of rotatable bonds is 5. The van der Waals surface area contributed by atoms with Crippen molar-refractivity contribution in [3.05, 3.63) is 35.4 Å². The van der Waals surface area contributed by atoms with Gasteiger partial charge in [-0.05, 0) is 37.8 Å². The molecule has 0 spiro atoms. The van der Waals surface area contributed by atoms with Crippen molar-refractivity contribution in [3.63, 3.8) is 0 Å². The van der Waals surface area contributed by atoms with E-state index in [-0.39, 0.29) is 6.04 Å². The smallest absolute Gasteiger partial charge is 0.127 e. The van der Waals surface area contributed by atoms with Gasteiger partial charge in [0.2, 0.25) is 0 Å². The van der Waals surface area contributed by atoms with Gasteiger partial charge in [0.05, 0.1) is 20.3 Å². The summed E-state index contributed by atoms with van der Waals surface area (Å²) >= 11 is 0. The predicted octanol–water partition coefficient (Wildman–Crippen LogP) is 3.10. The molecule has 1 atom stereocenters. The van der Waals surface area contributed by atoms with E-state index in [1.807, 2.05) is 18.2 Å². The standard InChI is InChI=1S/C16H24N2O2/c1-19-13-9-10-14(15(11-13)20-2)16(18-17)12-7-5-3-4-6-8-12/h7,9-11,16,18H,3-6,8,17H2,1-2H3. The van der Waals surface area contributed by atoms with Gasteiger partial charge in [0, 0.05) is 11.6 Å². The van der Waals surface area contributed by atoms with Crippen molar-refractivity contribution >= 4 is 0 Å². The molecule has 1 aromatic carbocycles. The number of allylic oxidation sites excluding steroid dienone is 1. The van der Waals surface area contributed by atoms with Crippen LogP contribution in [0.25, 0.3) is 0 Å². The van der Waals surface area contributed by atoms with Crippen LogP contribution in [0, 0.1) is 0 Å². The van der Waals surface area contributed by atoms with Gasteiger partial charge in [-0.15, -0.1) is 0 Å². The Morgan fingerprint density at radius 2 is 2.00 bits per heavy atom. The summed E-state index contributed by atoms with van der Waals surface area (Å²) in [6.07, 6.45) is 8.32. The first kappa shape index (κ1) is 14.9. The molecule has 3 N–H and O–H groups in total. The van der Waals surface area contributed by atoms with E-state index in [2.05, 4.69) is 11.5 Å². The van der Waals surface area contributed by atoms with Gasteiger partial charge in [0.15, 0.2) is 0 Å². The van der Waals surface area contributed by atoms with Crippen molar-refractivity contribution in [1.82, 2.24) is 5.43 Å². The third kappa shape index (κ3) is 3.32. The molecule has 110 valence electrons. The molecule has 4 heteroatoms. The van der Waals surface area contributed by atoms with E-state index in [0.29, 0.717) is 0 Å². The van der Waals surface area contributed by atoms with Crippen molar-refractivity contribution in [3.8, 4) is 11.5 Å². The molecule has 0 heterocycles. The van der Waals surface area contributed by atoms with E-state index in [0.717, 1.165) is 29.9 Å². The zero-order valence-electron chi connectivity index (χ0n) is 12.3. The van der Waals surface area contributed by atoms with Crippen LogP contribution in [0.2, 0.25) is 0 Å². The Morgan fingerprint density at radius 3 is 2.70 bits per heavy atom. The topological polar surface area (TPSA) is 56.5 Å². The minimum atomic E-state index is 0.00829. The van der Waals surface area contributed by atoms with Crippen LogP contribution in [0.1, 0.15) is 43.7 Å². The Hall–Kier alpha value is -1.52. The molecule has 0 saturated carbocycles. The van der Waals surface area contributed by atoms with Crippen LogP contribution in [-0.2, 0) is 0 Å². The largest absolute Gasteiger partial charge is 0.497 e. The molecule has 0 radical (unpaired) electrons. The molecule has 0 aliphatic heterocycles. The minimum absolute atomic E-state index is 0.00829. The van der Waals surface area contributed by atoms with E-state index >= 15 is 0 Å². The molecule has 2 rings (SSSR count). The number of hydrogen-bond acceptors (Lipinski definition) is 4. The molecule has 0 fully saturated rings. The summed E-state index contributed by atoms with van der Waals surface area (Å²) < 4.78 is 10.7. The highest BCUT2D eigenvalue weighted by Crippen LogP contribution is 2.35. The Morgan fingerprint density at radius 1 is 1.15 bits per heavy atom. The fraction of sp³-hybridized carbons (Fsp3) is 0.500. The lowest BCUT2D eigenvalue weighted by Gasteiger charge is -2.22. The first-order chi connectivity index (χ1) is 9.80. The summed E-state index contributed by atoms with van der Waals surface area (Å²) in [6.45, 7) is 0. The Labute approximate surface area is 120 Å². The normalized spacial score (nSPS) is 17.1. The quantitative estimate of drug-likeness (QED) is 0.493. The molecule has 1 aromatic rings. The summed E-state index contributed by atoms with van der Waals surface area (Å²) in [6, 6.07) is 5.87. The van der Waals surface area contributed by atoms with Crippen molar-refractivity contribution in [2.45, 2.75) is 38.1 Å². The number of nitrogens with two attached hydrogens (primary N) is 1. The second-order valence-corrected chi connectivity index (χ2v) is 5.09. The molecule has 1 aliphatic carbocycles. The number of hydrogen-bond donors (Lipinski definition) is 2. The molecule has 1 unspecified atom stereocenters. The zero-order chi connectivity index (χ0) is 14.4. The van der Waals surface area contributed by atoms with Crippen LogP contribution < -0.4 is 20.7 Å². The van der Waals surface area contributed by atoms with Gasteiger partial charge in [-0.25, -0.2) is 5.43 Å². The Balaban J connectivity index is 2.33. The van der Waals surface area contributed by atoms with Crippen molar-refractivity contribution in [1.29, 1.82) is 0 Å². The highest BCUT2D eigenvalue weighted by Gasteiger charge is 2.20. The van der Waals surface area contributed by atoms with Crippen LogP contribution >= 0.6 is 0 Å². The highest BCUT2D eigenvalue weighted by atomic mass is 16.5. The SMILES string of the molecule is COc1ccc(C(NN)C2=CCCCCC2)c(OC)c1. The van der Waals surface area contributed by atoms with E-state index in [1.165, 1.54) is 24.8 Å². The van der Waals surface area contributed by atoms with Gasteiger partial charge in [0.1, 0.15) is 11.5 Å². The Kier molecular flexibility index (Phi) is 5.44. The molecule has 4 nitrogen and oxygen atoms in total. The van der Waals surface area contributed by atoms with Crippen molar-refractivity contribution < 1.29 is 9.47 Å². The number of methoxy groups -OCH3 is 2. The van der Waals surface area contributed by atoms with Crippen molar-refractivity contribution in [2.24, 2.45) is 5.84 Å². The van der Waals surface area contributed by atoms with Gasteiger partial charge in [0.25, 0.3) is 0 Å². The second kappa shape index (κ2) is 7.31. The maximum absolute atomic E-state index is 5.80. The third-order valence-corrected chi connectivity index (χ3v) is 3.87. The number of benzene rings is 1. The van der Waals surface area contributed by atoms with Gasteiger partial charge in [-0.3, -0.25) is 5.84 Å². The fourth-order valence-electron chi connectivity index (χ4n) is 2.76. The average Bonchev–Trinajstić information content (AvgIpc) is 2.77.